The molecule has 3 heterocycles. The van der Waals surface area contributed by atoms with E-state index < -0.39 is 0 Å². The molecule has 1 fully saturated rings. The Kier molecular flexibility index (Phi) is 5.40. The molecule has 0 aliphatic carbocycles. The highest BCUT2D eigenvalue weighted by Crippen LogP contribution is 2.27. The van der Waals surface area contributed by atoms with E-state index in [4.69, 9.17) is 4.52 Å². The third kappa shape index (κ3) is 3.77. The molecular formula is C19H24N6O2. The van der Waals surface area contributed by atoms with Crippen LogP contribution in [0.5, 0.6) is 0 Å². The third-order valence-electron chi connectivity index (χ3n) is 5.09. The first-order chi connectivity index (χ1) is 12.9. The quantitative estimate of drug-likeness (QED) is 0.815. The van der Waals surface area contributed by atoms with Gasteiger partial charge in [0, 0.05) is 50.1 Å². The number of anilines is 1. The lowest BCUT2D eigenvalue weighted by Gasteiger charge is -2.40. The van der Waals surface area contributed by atoms with Crippen LogP contribution in [0.4, 0.5) is 5.82 Å². The maximum absolute atomic E-state index is 12.9. The number of hydrogen-bond acceptors (Lipinski definition) is 7. The maximum Gasteiger partial charge on any atom is 0.223 e. The lowest BCUT2D eigenvalue weighted by molar-refractivity contribution is -0.133. The molecule has 0 aromatic carbocycles. The fourth-order valence-electron chi connectivity index (χ4n) is 3.84. The number of piperazine rings is 1. The SMILES string of the molecule is Cc1noc(C)c1C(C)CC(=O)N1CCN(c2nccnc2C#N)CC1C. The Morgan fingerprint density at radius 1 is 1.37 bits per heavy atom. The van der Waals surface area contributed by atoms with Crippen molar-refractivity contribution in [2.24, 2.45) is 0 Å². The van der Waals surface area contributed by atoms with Crippen LogP contribution in [0.2, 0.25) is 0 Å². The molecule has 27 heavy (non-hydrogen) atoms. The Morgan fingerprint density at radius 3 is 2.74 bits per heavy atom. The number of rotatable bonds is 4. The molecule has 2 atom stereocenters. The molecule has 2 unspecified atom stereocenters. The molecule has 0 bridgehead atoms. The molecule has 2 aromatic rings. The highest BCUT2D eigenvalue weighted by molar-refractivity contribution is 5.78. The van der Waals surface area contributed by atoms with E-state index >= 15 is 0 Å². The third-order valence-corrected chi connectivity index (χ3v) is 5.09. The van der Waals surface area contributed by atoms with Gasteiger partial charge in [0.2, 0.25) is 5.91 Å². The van der Waals surface area contributed by atoms with Crippen molar-refractivity contribution in [1.82, 2.24) is 20.0 Å². The summed E-state index contributed by atoms with van der Waals surface area (Å²) in [5.41, 5.74) is 2.18. The number of hydrogen-bond donors (Lipinski definition) is 0. The van der Waals surface area contributed by atoms with Gasteiger partial charge in [-0.25, -0.2) is 9.97 Å². The second-order valence-electron chi connectivity index (χ2n) is 7.07. The average molecular weight is 368 g/mol. The second kappa shape index (κ2) is 7.74. The number of carbonyl (C=O) groups excluding carboxylic acids is 1. The Bertz CT molecular complexity index is 852. The van der Waals surface area contributed by atoms with Gasteiger partial charge in [-0.3, -0.25) is 4.79 Å². The largest absolute Gasteiger partial charge is 0.361 e. The molecule has 0 radical (unpaired) electrons. The van der Waals surface area contributed by atoms with Crippen molar-refractivity contribution in [2.45, 2.75) is 46.1 Å². The monoisotopic (exact) mass is 368 g/mol. The highest BCUT2D eigenvalue weighted by atomic mass is 16.5. The summed E-state index contributed by atoms with van der Waals surface area (Å²) in [5, 5.41) is 13.2. The number of aryl methyl sites for hydroxylation is 2. The molecule has 2 aromatic heterocycles. The number of nitriles is 1. The van der Waals surface area contributed by atoms with Gasteiger partial charge < -0.3 is 14.3 Å². The van der Waals surface area contributed by atoms with Crippen molar-refractivity contribution in [3.8, 4) is 6.07 Å². The van der Waals surface area contributed by atoms with E-state index in [1.54, 1.807) is 6.20 Å². The van der Waals surface area contributed by atoms with E-state index in [2.05, 4.69) is 21.2 Å². The van der Waals surface area contributed by atoms with Crippen molar-refractivity contribution in [2.75, 3.05) is 24.5 Å². The molecule has 8 nitrogen and oxygen atoms in total. The summed E-state index contributed by atoms with van der Waals surface area (Å²) in [5.74, 6) is 1.54. The van der Waals surface area contributed by atoms with Gasteiger partial charge in [-0.05, 0) is 26.7 Å². The number of aromatic nitrogens is 3. The number of nitrogens with zero attached hydrogens (tertiary/aromatic N) is 6. The normalized spacial score (nSPS) is 18.3. The predicted molar refractivity (Wildman–Crippen MR) is 99.1 cm³/mol. The minimum atomic E-state index is 0.0247. The fraction of sp³-hybridized carbons (Fsp3) is 0.526. The zero-order valence-corrected chi connectivity index (χ0v) is 16.1. The first-order valence-electron chi connectivity index (χ1n) is 9.10. The minimum absolute atomic E-state index is 0.0247. The first-order valence-corrected chi connectivity index (χ1v) is 9.10. The van der Waals surface area contributed by atoms with E-state index in [1.165, 1.54) is 6.20 Å². The Labute approximate surface area is 158 Å². The van der Waals surface area contributed by atoms with E-state index in [1.807, 2.05) is 37.5 Å². The molecule has 1 aliphatic rings. The highest BCUT2D eigenvalue weighted by Gasteiger charge is 2.30. The van der Waals surface area contributed by atoms with Crippen LogP contribution >= 0.6 is 0 Å². The van der Waals surface area contributed by atoms with Gasteiger partial charge in [0.05, 0.1) is 5.69 Å². The van der Waals surface area contributed by atoms with Crippen LogP contribution in [0.3, 0.4) is 0 Å². The van der Waals surface area contributed by atoms with Crippen molar-refractivity contribution < 1.29 is 9.32 Å². The van der Waals surface area contributed by atoms with Gasteiger partial charge in [-0.1, -0.05) is 12.1 Å². The molecule has 0 N–H and O–H groups in total. The molecule has 0 spiro atoms. The van der Waals surface area contributed by atoms with Crippen molar-refractivity contribution in [1.29, 1.82) is 5.26 Å². The lowest BCUT2D eigenvalue weighted by Crippen LogP contribution is -2.54. The Balaban J connectivity index is 1.66. The van der Waals surface area contributed by atoms with E-state index in [9.17, 15) is 10.1 Å². The van der Waals surface area contributed by atoms with Gasteiger partial charge in [0.1, 0.15) is 11.8 Å². The maximum atomic E-state index is 12.9. The van der Waals surface area contributed by atoms with Crippen LogP contribution in [0.25, 0.3) is 0 Å². The van der Waals surface area contributed by atoms with E-state index in [0.717, 1.165) is 17.0 Å². The smallest absolute Gasteiger partial charge is 0.223 e. The predicted octanol–water partition coefficient (Wildman–Crippen LogP) is 2.18. The van der Waals surface area contributed by atoms with Crippen LogP contribution in [0, 0.1) is 25.2 Å². The summed E-state index contributed by atoms with van der Waals surface area (Å²) >= 11 is 0. The molecule has 1 saturated heterocycles. The molecule has 142 valence electrons. The summed E-state index contributed by atoms with van der Waals surface area (Å²) < 4.78 is 5.23. The molecular weight excluding hydrogens is 344 g/mol. The average Bonchev–Trinajstić information content (AvgIpc) is 2.99. The van der Waals surface area contributed by atoms with Gasteiger partial charge >= 0.3 is 0 Å². The number of carbonyl (C=O) groups is 1. The van der Waals surface area contributed by atoms with Crippen LogP contribution in [-0.2, 0) is 4.79 Å². The topological polar surface area (TPSA) is 99.2 Å². The summed E-state index contributed by atoms with van der Waals surface area (Å²) in [6.07, 6.45) is 3.52. The Hall–Kier alpha value is -2.95. The summed E-state index contributed by atoms with van der Waals surface area (Å²) in [6, 6.07) is 2.11. The van der Waals surface area contributed by atoms with E-state index in [0.29, 0.717) is 37.6 Å². The van der Waals surface area contributed by atoms with Gasteiger partial charge in [-0.15, -0.1) is 0 Å². The van der Waals surface area contributed by atoms with Crippen LogP contribution < -0.4 is 4.90 Å². The molecule has 0 saturated carbocycles. The zero-order chi connectivity index (χ0) is 19.6. The second-order valence-corrected chi connectivity index (χ2v) is 7.07. The molecule has 1 amide bonds. The zero-order valence-electron chi connectivity index (χ0n) is 16.1. The first kappa shape index (κ1) is 18.8. The van der Waals surface area contributed by atoms with Crippen LogP contribution in [-0.4, -0.2) is 51.6 Å². The standard InChI is InChI=1S/C19H24N6O2/c1-12(18-14(3)23-27-15(18)4)9-17(26)25-8-7-24(11-13(25)2)19-16(10-20)21-5-6-22-19/h5-6,12-13H,7-9,11H2,1-4H3. The van der Waals surface area contributed by atoms with Crippen LogP contribution in [0.1, 0.15) is 48.9 Å². The number of amides is 1. The molecule has 1 aliphatic heterocycles. The Morgan fingerprint density at radius 2 is 2.11 bits per heavy atom. The van der Waals surface area contributed by atoms with Gasteiger partial charge in [-0.2, -0.15) is 5.26 Å². The molecule has 8 heteroatoms. The molecule has 3 rings (SSSR count). The van der Waals surface area contributed by atoms with Crippen molar-refractivity contribution in [3.05, 3.63) is 35.1 Å². The summed E-state index contributed by atoms with van der Waals surface area (Å²) in [4.78, 5) is 25.2. The van der Waals surface area contributed by atoms with Gasteiger partial charge in [0.25, 0.3) is 0 Å². The van der Waals surface area contributed by atoms with E-state index in [-0.39, 0.29) is 17.9 Å². The fourth-order valence-corrected chi connectivity index (χ4v) is 3.84. The van der Waals surface area contributed by atoms with Gasteiger partial charge in [0.15, 0.2) is 11.5 Å². The summed E-state index contributed by atoms with van der Waals surface area (Å²) in [6.45, 7) is 9.68. The minimum Gasteiger partial charge on any atom is -0.361 e. The lowest BCUT2D eigenvalue weighted by atomic mass is 9.95. The van der Waals surface area contributed by atoms with Crippen molar-refractivity contribution in [3.63, 3.8) is 0 Å². The van der Waals surface area contributed by atoms with Crippen LogP contribution in [0.15, 0.2) is 16.9 Å². The summed E-state index contributed by atoms with van der Waals surface area (Å²) in [7, 11) is 0. The van der Waals surface area contributed by atoms with Crippen molar-refractivity contribution >= 4 is 11.7 Å².